The molecule has 2 aliphatic rings. The molecule has 0 aromatic rings. The van der Waals surface area contributed by atoms with Gasteiger partial charge in [0.15, 0.2) is 15.5 Å². The Kier molecular flexibility index (Phi) is 5.94. The van der Waals surface area contributed by atoms with Crippen LogP contribution in [0, 0.1) is 11.8 Å². The van der Waals surface area contributed by atoms with Gasteiger partial charge in [-0.05, 0) is 26.7 Å². The molecule has 10 heteroatoms. The summed E-state index contributed by atoms with van der Waals surface area (Å²) in [5, 5.41) is 4.66. The molecule has 0 spiro atoms. The SMILES string of the molecule is CC(C)(F)C(=O)N[C@@H]1CS(=O)(=O)C[C@H]1C(=O)NCC1CCCCC1(F)F. The van der Waals surface area contributed by atoms with Crippen LogP contribution in [0.1, 0.15) is 39.5 Å². The molecule has 1 saturated heterocycles. The number of carbonyl (C=O) groups is 2. The van der Waals surface area contributed by atoms with Crippen LogP contribution < -0.4 is 10.6 Å². The summed E-state index contributed by atoms with van der Waals surface area (Å²) in [6, 6.07) is -1.07. The van der Waals surface area contributed by atoms with Gasteiger partial charge in [0.2, 0.25) is 5.91 Å². The third-order valence-corrected chi connectivity index (χ3v) is 6.71. The van der Waals surface area contributed by atoms with E-state index < -0.39 is 62.6 Å². The monoisotopic (exact) mass is 398 g/mol. The van der Waals surface area contributed by atoms with Crippen LogP contribution in [-0.4, -0.2) is 55.9 Å². The molecule has 2 N–H and O–H groups in total. The van der Waals surface area contributed by atoms with E-state index in [9.17, 15) is 31.2 Å². The van der Waals surface area contributed by atoms with Crippen LogP contribution in [0.25, 0.3) is 0 Å². The number of rotatable bonds is 5. The molecule has 26 heavy (non-hydrogen) atoms. The van der Waals surface area contributed by atoms with Crippen molar-refractivity contribution in [3.8, 4) is 0 Å². The van der Waals surface area contributed by atoms with Gasteiger partial charge >= 0.3 is 0 Å². The number of carbonyl (C=O) groups excluding carboxylic acids is 2. The van der Waals surface area contributed by atoms with E-state index in [0.29, 0.717) is 12.8 Å². The molecule has 1 aliphatic carbocycles. The second kappa shape index (κ2) is 7.36. The molecule has 1 unspecified atom stereocenters. The van der Waals surface area contributed by atoms with Crippen molar-refractivity contribution in [2.45, 2.75) is 57.2 Å². The van der Waals surface area contributed by atoms with Crippen molar-refractivity contribution < 1.29 is 31.2 Å². The van der Waals surface area contributed by atoms with Crippen molar-refractivity contribution in [1.82, 2.24) is 10.6 Å². The van der Waals surface area contributed by atoms with E-state index in [2.05, 4.69) is 10.6 Å². The molecule has 0 aromatic carbocycles. The third-order valence-electron chi connectivity index (χ3n) is 4.98. The number of alkyl halides is 3. The molecule has 0 bridgehead atoms. The molecule has 0 aromatic heterocycles. The highest BCUT2D eigenvalue weighted by Gasteiger charge is 2.45. The minimum Gasteiger partial charge on any atom is -0.355 e. The molecule has 0 radical (unpaired) electrons. The van der Waals surface area contributed by atoms with Crippen LogP contribution in [0.4, 0.5) is 13.2 Å². The molecular formula is C16H25F3N2O4S. The zero-order chi connectivity index (χ0) is 19.8. The van der Waals surface area contributed by atoms with Crippen molar-refractivity contribution in [1.29, 1.82) is 0 Å². The minimum atomic E-state index is -3.59. The molecule has 1 aliphatic heterocycles. The van der Waals surface area contributed by atoms with Gasteiger partial charge in [0.1, 0.15) is 0 Å². The number of hydrogen-bond donors (Lipinski definition) is 2. The first-order valence-electron chi connectivity index (χ1n) is 8.68. The third kappa shape index (κ3) is 5.11. The van der Waals surface area contributed by atoms with E-state index >= 15 is 0 Å². The van der Waals surface area contributed by atoms with Crippen molar-refractivity contribution in [2.24, 2.45) is 11.8 Å². The maximum absolute atomic E-state index is 13.9. The Hall–Kier alpha value is -1.32. The van der Waals surface area contributed by atoms with Crippen molar-refractivity contribution in [3.63, 3.8) is 0 Å². The number of hydrogen-bond acceptors (Lipinski definition) is 4. The van der Waals surface area contributed by atoms with E-state index in [4.69, 9.17) is 0 Å². The van der Waals surface area contributed by atoms with Gasteiger partial charge in [-0.15, -0.1) is 0 Å². The lowest BCUT2D eigenvalue weighted by Gasteiger charge is -2.31. The second-order valence-electron chi connectivity index (χ2n) is 7.68. The molecular weight excluding hydrogens is 373 g/mol. The average molecular weight is 398 g/mol. The first-order chi connectivity index (χ1) is 11.8. The summed E-state index contributed by atoms with van der Waals surface area (Å²) in [4.78, 5) is 24.1. The highest BCUT2D eigenvalue weighted by atomic mass is 32.2. The van der Waals surface area contributed by atoms with E-state index in [1.54, 1.807) is 0 Å². The second-order valence-corrected chi connectivity index (χ2v) is 9.84. The van der Waals surface area contributed by atoms with Crippen molar-refractivity contribution in [2.75, 3.05) is 18.1 Å². The van der Waals surface area contributed by atoms with Crippen molar-refractivity contribution in [3.05, 3.63) is 0 Å². The maximum Gasteiger partial charge on any atom is 0.257 e. The number of halogens is 3. The largest absolute Gasteiger partial charge is 0.355 e. The quantitative estimate of drug-likeness (QED) is 0.728. The van der Waals surface area contributed by atoms with Gasteiger partial charge in [-0.1, -0.05) is 6.42 Å². The summed E-state index contributed by atoms with van der Waals surface area (Å²) in [6.07, 6.45) is 1.14. The zero-order valence-electron chi connectivity index (χ0n) is 14.9. The van der Waals surface area contributed by atoms with Gasteiger partial charge in [0.05, 0.1) is 23.5 Å². The predicted octanol–water partition coefficient (Wildman–Crippen LogP) is 1.21. The van der Waals surface area contributed by atoms with E-state index in [0.717, 1.165) is 13.8 Å². The lowest BCUT2D eigenvalue weighted by molar-refractivity contribution is -0.132. The fourth-order valence-corrected chi connectivity index (χ4v) is 5.29. The highest BCUT2D eigenvalue weighted by molar-refractivity contribution is 7.91. The Bertz CT molecular complexity index is 661. The van der Waals surface area contributed by atoms with Crippen molar-refractivity contribution >= 4 is 21.7 Å². The summed E-state index contributed by atoms with van der Waals surface area (Å²) in [6.45, 7) is 1.79. The molecule has 2 rings (SSSR count). The standard InChI is InChI=1S/C16H25F3N2O4S/c1-15(2,17)14(23)21-12-9-26(24,25)8-11(12)13(22)20-7-10-5-3-4-6-16(10,18)19/h10-12H,3-9H2,1-2H3,(H,20,22)(H,21,23)/t10?,11-,12-/m1/s1. The van der Waals surface area contributed by atoms with Crippen LogP contribution in [0.2, 0.25) is 0 Å². The topological polar surface area (TPSA) is 92.3 Å². The smallest absolute Gasteiger partial charge is 0.257 e. The molecule has 2 amide bonds. The number of amides is 2. The lowest BCUT2D eigenvalue weighted by atomic mass is 9.85. The Morgan fingerprint density at radius 2 is 1.85 bits per heavy atom. The minimum absolute atomic E-state index is 0.227. The Morgan fingerprint density at radius 3 is 2.42 bits per heavy atom. The fraction of sp³-hybridized carbons (Fsp3) is 0.875. The fourth-order valence-electron chi connectivity index (χ4n) is 3.36. The molecule has 1 saturated carbocycles. The lowest BCUT2D eigenvalue weighted by Crippen LogP contribution is -2.51. The summed E-state index contributed by atoms with van der Waals surface area (Å²) >= 11 is 0. The van der Waals surface area contributed by atoms with E-state index in [-0.39, 0.29) is 19.4 Å². The van der Waals surface area contributed by atoms with Crippen LogP contribution in [0.3, 0.4) is 0 Å². The van der Waals surface area contributed by atoms with Crippen LogP contribution in [0.15, 0.2) is 0 Å². The molecule has 1 heterocycles. The first-order valence-corrected chi connectivity index (χ1v) is 10.5. The summed E-state index contributed by atoms with van der Waals surface area (Å²) < 4.78 is 65.1. The zero-order valence-corrected chi connectivity index (χ0v) is 15.7. The molecule has 6 nitrogen and oxygen atoms in total. The summed E-state index contributed by atoms with van der Waals surface area (Å²) in [7, 11) is -3.59. The van der Waals surface area contributed by atoms with Crippen LogP contribution >= 0.6 is 0 Å². The molecule has 2 fully saturated rings. The van der Waals surface area contributed by atoms with Crippen LogP contribution in [-0.2, 0) is 19.4 Å². The van der Waals surface area contributed by atoms with Gasteiger partial charge < -0.3 is 10.6 Å². The van der Waals surface area contributed by atoms with Gasteiger partial charge in [0, 0.05) is 18.9 Å². The summed E-state index contributed by atoms with van der Waals surface area (Å²) in [5.41, 5.74) is -2.22. The van der Waals surface area contributed by atoms with Gasteiger partial charge in [-0.3, -0.25) is 9.59 Å². The van der Waals surface area contributed by atoms with Gasteiger partial charge in [0.25, 0.3) is 11.8 Å². The Morgan fingerprint density at radius 1 is 1.19 bits per heavy atom. The van der Waals surface area contributed by atoms with Gasteiger partial charge in [-0.25, -0.2) is 21.6 Å². The highest BCUT2D eigenvalue weighted by Crippen LogP contribution is 2.38. The molecule has 150 valence electrons. The Balaban J connectivity index is 2.01. The maximum atomic E-state index is 13.9. The van der Waals surface area contributed by atoms with E-state index in [1.807, 2.05) is 0 Å². The average Bonchev–Trinajstić information content (AvgIpc) is 2.79. The first kappa shape index (κ1) is 21.0. The van der Waals surface area contributed by atoms with Crippen LogP contribution in [0.5, 0.6) is 0 Å². The number of nitrogens with one attached hydrogen (secondary N) is 2. The summed E-state index contributed by atoms with van der Waals surface area (Å²) in [5.74, 6) is -7.69. The predicted molar refractivity (Wildman–Crippen MR) is 89.2 cm³/mol. The normalized spacial score (nSPS) is 30.6. The van der Waals surface area contributed by atoms with E-state index in [1.165, 1.54) is 0 Å². The van der Waals surface area contributed by atoms with Gasteiger partial charge in [-0.2, -0.15) is 0 Å². The molecule has 3 atom stereocenters. The number of sulfone groups is 1. The Labute approximate surface area is 151 Å².